The molecule has 2 aromatic rings. The zero-order valence-corrected chi connectivity index (χ0v) is 18.1. The van der Waals surface area contributed by atoms with Crippen LogP contribution in [0, 0.1) is 11.6 Å². The van der Waals surface area contributed by atoms with Crippen molar-refractivity contribution in [2.24, 2.45) is 0 Å². The zero-order chi connectivity index (χ0) is 22.6. The Labute approximate surface area is 187 Å². The molecule has 0 unspecified atom stereocenters. The van der Waals surface area contributed by atoms with Crippen LogP contribution in [0.25, 0.3) is 0 Å². The summed E-state index contributed by atoms with van der Waals surface area (Å²) in [5.74, 6) is -0.323. The van der Waals surface area contributed by atoms with E-state index < -0.39 is 17.0 Å². The summed E-state index contributed by atoms with van der Waals surface area (Å²) in [6.45, 7) is 2.79. The van der Waals surface area contributed by atoms with Crippen LogP contribution in [0.5, 0.6) is 5.75 Å². The van der Waals surface area contributed by atoms with E-state index in [-0.39, 0.29) is 25.6 Å². The van der Waals surface area contributed by atoms with Gasteiger partial charge >= 0.3 is 0 Å². The van der Waals surface area contributed by atoms with Gasteiger partial charge in [0, 0.05) is 38.8 Å². The number of piperidine rings is 1. The number of β-amino-alcohol motifs (C(OH)–C–C–N with tert-alkyl or cyclic N) is 2. The monoisotopic (exact) mass is 448 g/mol. The third kappa shape index (κ3) is 5.75. The van der Waals surface area contributed by atoms with Gasteiger partial charge in [0.15, 0.2) is 0 Å². The van der Waals surface area contributed by atoms with Crippen molar-refractivity contribution in [1.29, 1.82) is 0 Å². The molecule has 0 radical (unpaired) electrons. The lowest BCUT2D eigenvalue weighted by molar-refractivity contribution is -0.0743. The van der Waals surface area contributed by atoms with Gasteiger partial charge in [0.1, 0.15) is 29.6 Å². The Morgan fingerprint density at radius 3 is 2.50 bits per heavy atom. The lowest BCUT2D eigenvalue weighted by Gasteiger charge is -2.42. The Morgan fingerprint density at radius 1 is 0.969 bits per heavy atom. The van der Waals surface area contributed by atoms with E-state index in [9.17, 15) is 19.0 Å². The summed E-state index contributed by atoms with van der Waals surface area (Å²) in [5, 5.41) is 22.3. The molecule has 0 amide bonds. The first kappa shape index (κ1) is 22.9. The molecule has 32 heavy (non-hydrogen) atoms. The number of hydrogen-bond donors (Lipinski definition) is 2. The number of benzene rings is 2. The van der Waals surface area contributed by atoms with Crippen molar-refractivity contribution in [2.45, 2.75) is 24.0 Å². The Balaban J connectivity index is 1.34. The average Bonchev–Trinajstić information content (AvgIpc) is 2.95. The molecule has 2 N–H and O–H groups in total. The molecule has 8 heteroatoms. The molecule has 4 rings (SSSR count). The van der Waals surface area contributed by atoms with E-state index in [1.807, 2.05) is 15.9 Å². The van der Waals surface area contributed by atoms with Gasteiger partial charge in [-0.25, -0.2) is 8.78 Å². The van der Waals surface area contributed by atoms with Crippen molar-refractivity contribution in [2.75, 3.05) is 57.4 Å². The van der Waals surface area contributed by atoms with Gasteiger partial charge in [-0.05, 0) is 37.1 Å². The van der Waals surface area contributed by atoms with Crippen LogP contribution in [-0.2, 0) is 4.74 Å². The van der Waals surface area contributed by atoms with Crippen molar-refractivity contribution >= 4 is 5.69 Å². The highest BCUT2D eigenvalue weighted by atomic mass is 19.1. The number of ether oxygens (including phenoxy) is 2. The van der Waals surface area contributed by atoms with Gasteiger partial charge in [0.2, 0.25) is 0 Å². The third-order valence-corrected chi connectivity index (χ3v) is 6.15. The van der Waals surface area contributed by atoms with Gasteiger partial charge in [-0.1, -0.05) is 18.2 Å². The maximum Gasteiger partial charge on any atom is 0.146 e. The number of halogens is 2. The highest BCUT2D eigenvalue weighted by Gasteiger charge is 2.39. The molecular formula is C24H30F2N2O4. The standard InChI is InChI=1S/C24H30F2N2O4/c25-19-4-3-5-20(14-19)32-18-24(30)16-27(12-13-31-17-24)15-23(29)8-10-28(11-9-23)22-7-2-1-6-21(22)26/h1-7,14,29-30H,8-13,15-18H2/t24-/m0/s1. The van der Waals surface area contributed by atoms with E-state index in [0.29, 0.717) is 57.1 Å². The SMILES string of the molecule is OC1(CN2CCOC[C@](O)(COc3cccc(F)c3)C2)CCN(c2ccccc2F)CC1. The summed E-state index contributed by atoms with van der Waals surface area (Å²) in [7, 11) is 0. The van der Waals surface area contributed by atoms with Crippen molar-refractivity contribution in [3.63, 3.8) is 0 Å². The normalized spacial score (nSPS) is 24.2. The van der Waals surface area contributed by atoms with Crippen LogP contribution in [0.2, 0.25) is 0 Å². The molecule has 0 spiro atoms. The maximum atomic E-state index is 14.1. The number of aliphatic hydroxyl groups is 2. The van der Waals surface area contributed by atoms with Gasteiger partial charge < -0.3 is 24.6 Å². The minimum atomic E-state index is -1.28. The second-order valence-electron chi connectivity index (χ2n) is 8.90. The van der Waals surface area contributed by atoms with Crippen LogP contribution in [0.4, 0.5) is 14.5 Å². The minimum absolute atomic E-state index is 0.0492. The molecular weight excluding hydrogens is 418 g/mol. The first-order chi connectivity index (χ1) is 15.3. The summed E-state index contributed by atoms with van der Waals surface area (Å²) < 4.78 is 38.7. The molecule has 0 aromatic heterocycles. The molecule has 0 aliphatic carbocycles. The van der Waals surface area contributed by atoms with Crippen LogP contribution in [0.15, 0.2) is 48.5 Å². The predicted octanol–water partition coefficient (Wildman–Crippen LogP) is 2.44. The van der Waals surface area contributed by atoms with Gasteiger partial charge in [-0.2, -0.15) is 0 Å². The van der Waals surface area contributed by atoms with Crippen molar-refractivity contribution in [3.05, 3.63) is 60.2 Å². The summed E-state index contributed by atoms with van der Waals surface area (Å²) in [4.78, 5) is 3.94. The number of hydrogen-bond acceptors (Lipinski definition) is 6. The molecule has 2 saturated heterocycles. The van der Waals surface area contributed by atoms with Gasteiger partial charge in [-0.15, -0.1) is 0 Å². The molecule has 0 bridgehead atoms. The average molecular weight is 449 g/mol. The van der Waals surface area contributed by atoms with Crippen molar-refractivity contribution < 1.29 is 28.5 Å². The van der Waals surface area contributed by atoms with E-state index in [1.54, 1.807) is 24.3 Å². The van der Waals surface area contributed by atoms with Gasteiger partial charge in [0.05, 0.1) is 24.5 Å². The summed E-state index contributed by atoms with van der Waals surface area (Å²) >= 11 is 0. The van der Waals surface area contributed by atoms with Gasteiger partial charge in [0.25, 0.3) is 0 Å². The Kier molecular flexibility index (Phi) is 6.95. The maximum absolute atomic E-state index is 14.1. The molecule has 174 valence electrons. The number of nitrogens with zero attached hydrogens (tertiary/aromatic N) is 2. The second kappa shape index (κ2) is 9.70. The lowest BCUT2D eigenvalue weighted by atomic mass is 9.90. The fourth-order valence-electron chi connectivity index (χ4n) is 4.44. The third-order valence-electron chi connectivity index (χ3n) is 6.15. The van der Waals surface area contributed by atoms with Crippen molar-refractivity contribution in [1.82, 2.24) is 4.90 Å². The quantitative estimate of drug-likeness (QED) is 0.708. The molecule has 1 atom stereocenters. The second-order valence-corrected chi connectivity index (χ2v) is 8.90. The Bertz CT molecular complexity index is 907. The lowest BCUT2D eigenvalue weighted by Crippen LogP contribution is -2.55. The number of anilines is 1. The molecule has 2 heterocycles. The number of para-hydroxylation sites is 1. The van der Waals surface area contributed by atoms with Crippen LogP contribution in [-0.4, -0.2) is 78.9 Å². The van der Waals surface area contributed by atoms with Crippen LogP contribution in [0.1, 0.15) is 12.8 Å². The van der Waals surface area contributed by atoms with Crippen LogP contribution in [0.3, 0.4) is 0 Å². The Hall–Kier alpha value is -2.26. The molecule has 2 aromatic carbocycles. The largest absolute Gasteiger partial charge is 0.490 e. The summed E-state index contributed by atoms with van der Waals surface area (Å²) in [5.41, 5.74) is -1.66. The van der Waals surface area contributed by atoms with Crippen LogP contribution >= 0.6 is 0 Å². The van der Waals surface area contributed by atoms with E-state index in [4.69, 9.17) is 9.47 Å². The number of rotatable bonds is 6. The van der Waals surface area contributed by atoms with E-state index in [1.165, 1.54) is 18.2 Å². The highest BCUT2D eigenvalue weighted by Crippen LogP contribution is 2.29. The molecule has 2 aliphatic heterocycles. The van der Waals surface area contributed by atoms with E-state index >= 15 is 0 Å². The fraction of sp³-hybridized carbons (Fsp3) is 0.500. The molecule has 6 nitrogen and oxygen atoms in total. The highest BCUT2D eigenvalue weighted by molar-refractivity contribution is 5.48. The van der Waals surface area contributed by atoms with Crippen molar-refractivity contribution in [3.8, 4) is 5.75 Å². The summed E-state index contributed by atoms with van der Waals surface area (Å²) in [6, 6.07) is 12.5. The smallest absolute Gasteiger partial charge is 0.146 e. The molecule has 2 fully saturated rings. The van der Waals surface area contributed by atoms with Gasteiger partial charge in [-0.3, -0.25) is 4.90 Å². The predicted molar refractivity (Wildman–Crippen MR) is 117 cm³/mol. The Morgan fingerprint density at radius 2 is 1.75 bits per heavy atom. The van der Waals surface area contributed by atoms with E-state index in [2.05, 4.69) is 0 Å². The topological polar surface area (TPSA) is 65.4 Å². The first-order valence-electron chi connectivity index (χ1n) is 11.0. The molecule has 2 aliphatic rings. The van der Waals surface area contributed by atoms with E-state index in [0.717, 1.165) is 0 Å². The zero-order valence-electron chi connectivity index (χ0n) is 18.1. The molecule has 0 saturated carbocycles. The summed E-state index contributed by atoms with van der Waals surface area (Å²) in [6.07, 6.45) is 0.994. The minimum Gasteiger partial charge on any atom is -0.490 e. The first-order valence-corrected chi connectivity index (χ1v) is 11.0. The van der Waals surface area contributed by atoms with Crippen LogP contribution < -0.4 is 9.64 Å². The fourth-order valence-corrected chi connectivity index (χ4v) is 4.44.